The molecule has 0 aliphatic carbocycles. The molecule has 0 spiro atoms. The zero-order valence-electron chi connectivity index (χ0n) is 18.2. The largest absolute Gasteiger partial charge is 0.444 e. The number of rotatable bonds is 6. The topological polar surface area (TPSA) is 87.7 Å². The smallest absolute Gasteiger partial charge is 0.410 e. The van der Waals surface area contributed by atoms with E-state index in [2.05, 4.69) is 10.0 Å². The minimum absolute atomic E-state index is 0.230. The fraction of sp³-hybridized carbons (Fsp3) is 0.500. The molecule has 1 saturated heterocycles. The second-order valence-corrected chi connectivity index (χ2v) is 11.0. The first kappa shape index (κ1) is 23.8. The van der Waals surface area contributed by atoms with Gasteiger partial charge in [-0.05, 0) is 68.7 Å². The molecule has 1 aliphatic rings. The highest BCUT2D eigenvalue weighted by Crippen LogP contribution is 2.22. The lowest BCUT2D eigenvalue weighted by Gasteiger charge is -2.33. The number of sulfonamides is 1. The van der Waals surface area contributed by atoms with Gasteiger partial charge in [0, 0.05) is 37.2 Å². The number of hydrogen-bond acceptors (Lipinski definition) is 5. The monoisotopic (exact) mass is 467 g/mol. The van der Waals surface area contributed by atoms with Crippen LogP contribution in [-0.4, -0.2) is 57.2 Å². The average molecular weight is 468 g/mol. The van der Waals surface area contributed by atoms with Gasteiger partial charge in [-0.1, -0.05) is 23.7 Å². The summed E-state index contributed by atoms with van der Waals surface area (Å²) >= 11 is 5.98. The fourth-order valence-corrected chi connectivity index (χ4v) is 4.75. The third-order valence-electron chi connectivity index (χ3n) is 5.08. The number of carbonyl (C=O) groups excluding carboxylic acids is 1. The van der Waals surface area contributed by atoms with Crippen LogP contribution in [0.5, 0.6) is 0 Å². The lowest BCUT2D eigenvalue weighted by molar-refractivity contribution is 0.0198. The molecule has 0 radical (unpaired) electrons. The zero-order valence-corrected chi connectivity index (χ0v) is 19.7. The molecule has 1 aliphatic heterocycles. The summed E-state index contributed by atoms with van der Waals surface area (Å²) in [5.41, 5.74) is -0.499. The molecule has 0 bridgehead atoms. The summed E-state index contributed by atoms with van der Waals surface area (Å²) in [7, 11) is -3.59. The summed E-state index contributed by atoms with van der Waals surface area (Å²) in [6.45, 7) is 7.61. The summed E-state index contributed by atoms with van der Waals surface area (Å²) in [6.07, 6.45) is 1.33. The second kappa shape index (κ2) is 9.73. The van der Waals surface area contributed by atoms with Crippen LogP contribution in [0, 0.1) is 0 Å². The SMILES string of the molecule is CC(C)(C)OC(=O)N1CCC(NCCNS(=O)(=O)c2ccc3cc(Cl)ccc3c2)CC1. The van der Waals surface area contributed by atoms with E-state index >= 15 is 0 Å². The minimum atomic E-state index is -3.59. The first-order chi connectivity index (χ1) is 14.5. The van der Waals surface area contributed by atoms with Crippen molar-refractivity contribution in [3.63, 3.8) is 0 Å². The van der Waals surface area contributed by atoms with E-state index in [-0.39, 0.29) is 23.6 Å². The molecule has 1 amide bonds. The van der Waals surface area contributed by atoms with Gasteiger partial charge in [-0.2, -0.15) is 0 Å². The number of amides is 1. The van der Waals surface area contributed by atoms with Gasteiger partial charge in [0.1, 0.15) is 5.60 Å². The van der Waals surface area contributed by atoms with Gasteiger partial charge in [-0.25, -0.2) is 17.9 Å². The van der Waals surface area contributed by atoms with Crippen molar-refractivity contribution in [3.8, 4) is 0 Å². The quantitative estimate of drug-likeness (QED) is 0.631. The molecule has 0 aromatic heterocycles. The average Bonchev–Trinajstić information content (AvgIpc) is 2.70. The van der Waals surface area contributed by atoms with E-state index in [9.17, 15) is 13.2 Å². The van der Waals surface area contributed by atoms with E-state index in [1.54, 1.807) is 35.2 Å². The number of ether oxygens (including phenoxy) is 1. The maximum Gasteiger partial charge on any atom is 0.410 e. The molecule has 0 unspecified atom stereocenters. The van der Waals surface area contributed by atoms with Crippen LogP contribution >= 0.6 is 11.6 Å². The van der Waals surface area contributed by atoms with Crippen LogP contribution in [0.2, 0.25) is 5.02 Å². The predicted octanol–water partition coefficient (Wildman–Crippen LogP) is 3.76. The maximum atomic E-state index is 12.6. The summed E-state index contributed by atoms with van der Waals surface area (Å²) < 4.78 is 33.3. The third kappa shape index (κ3) is 6.80. The number of halogens is 1. The molecule has 7 nitrogen and oxygen atoms in total. The van der Waals surface area contributed by atoms with Gasteiger partial charge >= 0.3 is 6.09 Å². The first-order valence-corrected chi connectivity index (χ1v) is 12.3. The Kier molecular flexibility index (Phi) is 7.47. The third-order valence-corrected chi connectivity index (χ3v) is 6.77. The van der Waals surface area contributed by atoms with Gasteiger partial charge < -0.3 is 15.0 Å². The molecule has 3 rings (SSSR count). The van der Waals surface area contributed by atoms with Crippen molar-refractivity contribution >= 4 is 38.5 Å². The van der Waals surface area contributed by atoms with Crippen LogP contribution in [-0.2, 0) is 14.8 Å². The van der Waals surface area contributed by atoms with Crippen molar-refractivity contribution in [2.75, 3.05) is 26.2 Å². The molecule has 0 saturated carbocycles. The molecular formula is C22H30ClN3O4S. The second-order valence-electron chi connectivity index (χ2n) is 8.75. The highest BCUT2D eigenvalue weighted by Gasteiger charge is 2.26. The Morgan fingerprint density at radius 3 is 2.42 bits per heavy atom. The standard InChI is InChI=1S/C22H30ClN3O4S/c1-22(2,3)30-21(27)26-12-8-19(9-13-26)24-10-11-25-31(28,29)20-7-5-16-14-18(23)6-4-17(16)15-20/h4-7,14-15,19,24-25H,8-13H2,1-3H3. The molecule has 1 heterocycles. The molecule has 2 aromatic carbocycles. The number of piperidine rings is 1. The van der Waals surface area contributed by atoms with Gasteiger partial charge in [-0.15, -0.1) is 0 Å². The van der Waals surface area contributed by atoms with Crippen molar-refractivity contribution in [1.82, 2.24) is 14.9 Å². The number of hydrogen-bond donors (Lipinski definition) is 2. The molecular weight excluding hydrogens is 438 g/mol. The molecule has 2 aromatic rings. The first-order valence-electron chi connectivity index (χ1n) is 10.4. The Hall–Kier alpha value is -1.87. The van der Waals surface area contributed by atoms with E-state index in [0.29, 0.717) is 24.7 Å². The van der Waals surface area contributed by atoms with Gasteiger partial charge in [-0.3, -0.25) is 0 Å². The summed E-state index contributed by atoms with van der Waals surface area (Å²) in [5, 5.41) is 5.70. The Morgan fingerprint density at radius 1 is 1.10 bits per heavy atom. The van der Waals surface area contributed by atoms with Crippen LogP contribution in [0.15, 0.2) is 41.3 Å². The Bertz CT molecular complexity index is 1030. The number of nitrogens with one attached hydrogen (secondary N) is 2. The van der Waals surface area contributed by atoms with Gasteiger partial charge in [0.05, 0.1) is 4.90 Å². The van der Waals surface area contributed by atoms with Crippen molar-refractivity contribution in [3.05, 3.63) is 41.4 Å². The van der Waals surface area contributed by atoms with Gasteiger partial charge in [0.25, 0.3) is 0 Å². The fourth-order valence-electron chi connectivity index (χ4n) is 3.50. The lowest BCUT2D eigenvalue weighted by Crippen LogP contribution is -2.47. The van der Waals surface area contributed by atoms with Gasteiger partial charge in [0.2, 0.25) is 10.0 Å². The van der Waals surface area contributed by atoms with Crippen LogP contribution < -0.4 is 10.0 Å². The summed E-state index contributed by atoms with van der Waals surface area (Å²) in [4.78, 5) is 14.1. The van der Waals surface area contributed by atoms with Crippen LogP contribution in [0.1, 0.15) is 33.6 Å². The van der Waals surface area contributed by atoms with E-state index in [1.165, 1.54) is 0 Å². The number of nitrogens with zero attached hydrogens (tertiary/aromatic N) is 1. The molecule has 1 fully saturated rings. The lowest BCUT2D eigenvalue weighted by atomic mass is 10.1. The normalized spacial score (nSPS) is 15.9. The Balaban J connectivity index is 1.43. The summed E-state index contributed by atoms with van der Waals surface area (Å²) in [6, 6.07) is 10.6. The van der Waals surface area contributed by atoms with Crippen LogP contribution in [0.3, 0.4) is 0 Å². The molecule has 0 atom stereocenters. The van der Waals surface area contributed by atoms with E-state index in [4.69, 9.17) is 16.3 Å². The number of fused-ring (bicyclic) bond motifs is 1. The number of carbonyl (C=O) groups is 1. The molecule has 170 valence electrons. The minimum Gasteiger partial charge on any atom is -0.444 e. The van der Waals surface area contributed by atoms with Crippen molar-refractivity contribution in [2.24, 2.45) is 0 Å². The Morgan fingerprint density at radius 2 is 1.74 bits per heavy atom. The maximum absolute atomic E-state index is 12.6. The van der Waals surface area contributed by atoms with Crippen molar-refractivity contribution in [2.45, 2.75) is 50.2 Å². The van der Waals surface area contributed by atoms with Crippen molar-refractivity contribution in [1.29, 1.82) is 0 Å². The number of benzene rings is 2. The van der Waals surface area contributed by atoms with E-state index in [1.807, 2.05) is 26.8 Å². The summed E-state index contributed by atoms with van der Waals surface area (Å²) in [5.74, 6) is 0. The van der Waals surface area contributed by atoms with E-state index in [0.717, 1.165) is 23.6 Å². The highest BCUT2D eigenvalue weighted by atomic mass is 35.5. The van der Waals surface area contributed by atoms with Crippen LogP contribution in [0.25, 0.3) is 10.8 Å². The van der Waals surface area contributed by atoms with Crippen LogP contribution in [0.4, 0.5) is 4.79 Å². The van der Waals surface area contributed by atoms with E-state index < -0.39 is 15.6 Å². The molecule has 9 heteroatoms. The zero-order chi connectivity index (χ0) is 22.6. The predicted molar refractivity (Wildman–Crippen MR) is 123 cm³/mol. The highest BCUT2D eigenvalue weighted by molar-refractivity contribution is 7.89. The number of likely N-dealkylation sites (tertiary alicyclic amines) is 1. The van der Waals surface area contributed by atoms with Crippen molar-refractivity contribution < 1.29 is 17.9 Å². The van der Waals surface area contributed by atoms with Gasteiger partial charge in [0.15, 0.2) is 0 Å². The molecule has 2 N–H and O–H groups in total. The Labute approximate surface area is 189 Å². The molecule has 31 heavy (non-hydrogen) atoms.